The number of rotatable bonds is 4. The maximum absolute atomic E-state index is 13.5. The van der Waals surface area contributed by atoms with Crippen LogP contribution in [0.1, 0.15) is 49.7 Å². The van der Waals surface area contributed by atoms with Crippen LogP contribution in [0.15, 0.2) is 24.3 Å². The van der Waals surface area contributed by atoms with Gasteiger partial charge in [0.1, 0.15) is 0 Å². The second kappa shape index (κ2) is 7.04. The van der Waals surface area contributed by atoms with Crippen molar-refractivity contribution in [3.8, 4) is 0 Å². The van der Waals surface area contributed by atoms with E-state index in [2.05, 4.69) is 41.4 Å². The number of carbonyl (C=O) groups is 1. The zero-order valence-electron chi connectivity index (χ0n) is 14.6. The van der Waals surface area contributed by atoms with Crippen molar-refractivity contribution in [2.24, 2.45) is 5.92 Å². The van der Waals surface area contributed by atoms with Gasteiger partial charge in [0.2, 0.25) is 5.91 Å². The van der Waals surface area contributed by atoms with Crippen LogP contribution in [0.5, 0.6) is 0 Å². The monoisotopic (exact) mass is 314 g/mol. The summed E-state index contributed by atoms with van der Waals surface area (Å²) in [6, 6.07) is 8.64. The summed E-state index contributed by atoms with van der Waals surface area (Å²) in [5.41, 5.74) is 2.25. The molecular formula is C20H30N2O. The Bertz CT molecular complexity index is 546. The van der Waals surface area contributed by atoms with Gasteiger partial charge in [0, 0.05) is 13.1 Å². The van der Waals surface area contributed by atoms with Gasteiger partial charge in [0.15, 0.2) is 0 Å². The molecule has 2 aliphatic rings. The fraction of sp³-hybridized carbons (Fsp3) is 0.650. The van der Waals surface area contributed by atoms with Crippen LogP contribution in [0, 0.1) is 12.8 Å². The summed E-state index contributed by atoms with van der Waals surface area (Å²) in [5, 5.41) is 3.28. The van der Waals surface area contributed by atoms with Gasteiger partial charge in [-0.05, 0) is 57.7 Å². The molecule has 1 aliphatic carbocycles. The van der Waals surface area contributed by atoms with E-state index in [1.807, 2.05) is 7.05 Å². The van der Waals surface area contributed by atoms with Crippen LogP contribution in [-0.2, 0) is 10.2 Å². The van der Waals surface area contributed by atoms with Crippen LogP contribution in [0.2, 0.25) is 0 Å². The van der Waals surface area contributed by atoms with E-state index in [-0.39, 0.29) is 5.41 Å². The molecule has 1 heterocycles. The van der Waals surface area contributed by atoms with Gasteiger partial charge >= 0.3 is 0 Å². The predicted molar refractivity (Wildman–Crippen MR) is 94.6 cm³/mol. The molecule has 3 rings (SSSR count). The maximum atomic E-state index is 13.5. The molecule has 0 radical (unpaired) electrons. The highest BCUT2D eigenvalue weighted by Crippen LogP contribution is 2.43. The number of hydrogen-bond donors (Lipinski definition) is 1. The van der Waals surface area contributed by atoms with Crippen LogP contribution in [-0.4, -0.2) is 37.5 Å². The first-order valence-electron chi connectivity index (χ1n) is 9.17. The van der Waals surface area contributed by atoms with Crippen molar-refractivity contribution in [3.63, 3.8) is 0 Å². The number of amides is 1. The molecular weight excluding hydrogens is 284 g/mol. The molecule has 1 N–H and O–H groups in total. The fourth-order valence-corrected chi connectivity index (χ4v) is 4.55. The van der Waals surface area contributed by atoms with Gasteiger partial charge in [-0.1, -0.05) is 42.7 Å². The lowest BCUT2D eigenvalue weighted by Crippen LogP contribution is -2.50. The van der Waals surface area contributed by atoms with Crippen molar-refractivity contribution < 1.29 is 4.79 Å². The number of aryl methyl sites for hydroxylation is 1. The van der Waals surface area contributed by atoms with Crippen molar-refractivity contribution in [1.29, 1.82) is 0 Å². The molecule has 3 nitrogen and oxygen atoms in total. The number of hydrogen-bond acceptors (Lipinski definition) is 2. The first kappa shape index (κ1) is 16.5. The summed E-state index contributed by atoms with van der Waals surface area (Å²) in [7, 11) is 2.01. The van der Waals surface area contributed by atoms with Gasteiger partial charge in [0.25, 0.3) is 0 Å². The third kappa shape index (κ3) is 3.30. The Morgan fingerprint density at radius 3 is 2.78 bits per heavy atom. The molecule has 1 amide bonds. The second-order valence-corrected chi connectivity index (χ2v) is 7.48. The molecule has 1 saturated heterocycles. The van der Waals surface area contributed by atoms with E-state index in [0.29, 0.717) is 11.8 Å². The lowest BCUT2D eigenvalue weighted by molar-refractivity contribution is -0.139. The third-order valence-electron chi connectivity index (χ3n) is 5.74. The molecule has 3 heteroatoms. The molecule has 1 aromatic rings. The maximum Gasteiger partial charge on any atom is 0.233 e. The summed E-state index contributed by atoms with van der Waals surface area (Å²) in [5.74, 6) is 0.995. The van der Waals surface area contributed by atoms with Crippen LogP contribution in [0.4, 0.5) is 0 Å². The molecule has 126 valence electrons. The zero-order valence-corrected chi connectivity index (χ0v) is 14.6. The summed E-state index contributed by atoms with van der Waals surface area (Å²) >= 11 is 0. The lowest BCUT2D eigenvalue weighted by Gasteiger charge is -2.39. The molecule has 0 spiro atoms. The highest BCUT2D eigenvalue weighted by Gasteiger charge is 2.45. The van der Waals surface area contributed by atoms with Gasteiger partial charge in [-0.15, -0.1) is 0 Å². The Hall–Kier alpha value is -1.35. The minimum Gasteiger partial charge on any atom is -0.342 e. The van der Waals surface area contributed by atoms with Crippen molar-refractivity contribution in [3.05, 3.63) is 35.4 Å². The minimum atomic E-state index is -0.256. The van der Waals surface area contributed by atoms with Crippen LogP contribution in [0.25, 0.3) is 0 Å². The Labute approximate surface area is 140 Å². The largest absolute Gasteiger partial charge is 0.342 e. The van der Waals surface area contributed by atoms with Crippen molar-refractivity contribution in [2.75, 3.05) is 26.7 Å². The molecule has 1 unspecified atom stereocenters. The van der Waals surface area contributed by atoms with Crippen molar-refractivity contribution in [1.82, 2.24) is 10.2 Å². The number of likely N-dealkylation sites (tertiary alicyclic amines) is 1. The average Bonchev–Trinajstić information content (AvgIpc) is 3.06. The van der Waals surface area contributed by atoms with E-state index in [9.17, 15) is 4.79 Å². The number of piperidine rings is 1. The van der Waals surface area contributed by atoms with Gasteiger partial charge < -0.3 is 10.2 Å². The molecule has 23 heavy (non-hydrogen) atoms. The number of nitrogens with one attached hydrogen (secondary N) is 1. The summed E-state index contributed by atoms with van der Waals surface area (Å²) in [6.45, 7) is 5.00. The van der Waals surface area contributed by atoms with E-state index >= 15 is 0 Å². The quantitative estimate of drug-likeness (QED) is 0.925. The van der Waals surface area contributed by atoms with Gasteiger partial charge in [-0.3, -0.25) is 4.79 Å². The second-order valence-electron chi connectivity index (χ2n) is 7.48. The van der Waals surface area contributed by atoms with E-state index in [4.69, 9.17) is 0 Å². The van der Waals surface area contributed by atoms with Crippen LogP contribution >= 0.6 is 0 Å². The first-order valence-corrected chi connectivity index (χ1v) is 9.17. The Balaban J connectivity index is 1.84. The Morgan fingerprint density at radius 2 is 2.09 bits per heavy atom. The molecule has 1 aliphatic heterocycles. The predicted octanol–water partition coefficient (Wildman–Crippen LogP) is 3.26. The molecule has 0 aromatic heterocycles. The fourth-order valence-electron chi connectivity index (χ4n) is 4.55. The van der Waals surface area contributed by atoms with E-state index < -0.39 is 0 Å². The number of carbonyl (C=O) groups excluding carboxylic acids is 1. The van der Waals surface area contributed by atoms with Gasteiger partial charge in [0.05, 0.1) is 5.41 Å². The van der Waals surface area contributed by atoms with Crippen molar-refractivity contribution >= 4 is 5.91 Å². The number of benzene rings is 1. The molecule has 2 fully saturated rings. The zero-order chi connectivity index (χ0) is 16.3. The van der Waals surface area contributed by atoms with E-state index in [0.717, 1.165) is 38.9 Å². The Kier molecular flexibility index (Phi) is 5.05. The lowest BCUT2D eigenvalue weighted by atomic mass is 9.76. The average molecular weight is 314 g/mol. The SMILES string of the molecule is CNCC1CCCN(C(=O)C2(c3cccc(C)c3)CCCC2)C1. The van der Waals surface area contributed by atoms with Gasteiger partial charge in [-0.2, -0.15) is 0 Å². The third-order valence-corrected chi connectivity index (χ3v) is 5.74. The smallest absolute Gasteiger partial charge is 0.233 e. The van der Waals surface area contributed by atoms with Crippen LogP contribution < -0.4 is 5.32 Å². The molecule has 1 atom stereocenters. The molecule has 0 bridgehead atoms. The van der Waals surface area contributed by atoms with Crippen LogP contribution in [0.3, 0.4) is 0 Å². The first-order chi connectivity index (χ1) is 11.2. The summed E-state index contributed by atoms with van der Waals surface area (Å²) < 4.78 is 0. The minimum absolute atomic E-state index is 0.256. The summed E-state index contributed by atoms with van der Waals surface area (Å²) in [6.07, 6.45) is 6.76. The van der Waals surface area contributed by atoms with E-state index in [1.165, 1.54) is 30.4 Å². The van der Waals surface area contributed by atoms with E-state index in [1.54, 1.807) is 0 Å². The molecule has 1 aromatic carbocycles. The molecule has 1 saturated carbocycles. The number of nitrogens with zero attached hydrogens (tertiary/aromatic N) is 1. The summed E-state index contributed by atoms with van der Waals surface area (Å²) in [4.78, 5) is 15.7. The van der Waals surface area contributed by atoms with Crippen molar-refractivity contribution in [2.45, 2.75) is 50.9 Å². The Morgan fingerprint density at radius 1 is 1.30 bits per heavy atom. The normalized spacial score (nSPS) is 23.9. The highest BCUT2D eigenvalue weighted by molar-refractivity contribution is 5.88. The van der Waals surface area contributed by atoms with Gasteiger partial charge in [-0.25, -0.2) is 0 Å². The standard InChI is InChI=1S/C20H30N2O/c1-16-7-5-9-18(13-16)20(10-3-4-11-20)19(23)22-12-6-8-17(15-22)14-21-2/h5,7,9,13,17,21H,3-4,6,8,10-12,14-15H2,1-2H3. The topological polar surface area (TPSA) is 32.3 Å². The highest BCUT2D eigenvalue weighted by atomic mass is 16.2.